The Morgan fingerprint density at radius 2 is 1.22 bits per heavy atom. The first-order chi connectivity index (χ1) is 15.8. The van der Waals surface area contributed by atoms with Crippen LogP contribution in [-0.4, -0.2) is 11.6 Å². The molecule has 0 radical (unpaired) electrons. The number of ether oxygens (including phenoxy) is 1. The molecule has 0 atom stereocenters. The van der Waals surface area contributed by atoms with Crippen molar-refractivity contribution >= 4 is 0 Å². The van der Waals surface area contributed by atoms with Gasteiger partial charge in [0.25, 0.3) is 0 Å². The highest BCUT2D eigenvalue weighted by molar-refractivity contribution is 5.64. The number of aryl methyl sites for hydroxylation is 3. The molecule has 0 saturated heterocycles. The van der Waals surface area contributed by atoms with E-state index in [1.807, 2.05) is 6.20 Å². The Bertz CT molecular complexity index is 882. The number of pyridine rings is 1. The molecule has 1 heterocycles. The van der Waals surface area contributed by atoms with Crippen molar-refractivity contribution in [2.24, 2.45) is 0 Å². The molecule has 0 amide bonds. The summed E-state index contributed by atoms with van der Waals surface area (Å²) in [7, 11) is 0. The molecule has 0 N–H and O–H groups in total. The third kappa shape index (κ3) is 8.15. The number of benzene rings is 2. The largest absolute Gasteiger partial charge is 0.494 e. The van der Waals surface area contributed by atoms with Gasteiger partial charge in [-0.15, -0.1) is 0 Å². The van der Waals surface area contributed by atoms with Gasteiger partial charge < -0.3 is 4.74 Å². The minimum absolute atomic E-state index is 0.814. The molecule has 2 nitrogen and oxygen atoms in total. The van der Waals surface area contributed by atoms with Gasteiger partial charge in [0, 0.05) is 11.9 Å². The predicted molar refractivity (Wildman–Crippen MR) is 136 cm³/mol. The van der Waals surface area contributed by atoms with E-state index in [1.165, 1.54) is 66.5 Å². The first-order valence-corrected chi connectivity index (χ1v) is 12.5. The van der Waals surface area contributed by atoms with Gasteiger partial charge in [0.2, 0.25) is 0 Å². The molecule has 2 aromatic carbocycles. The maximum atomic E-state index is 5.89. The van der Waals surface area contributed by atoms with E-state index in [2.05, 4.69) is 79.5 Å². The minimum Gasteiger partial charge on any atom is -0.494 e. The summed E-state index contributed by atoms with van der Waals surface area (Å²) in [5, 5.41) is 0. The number of nitrogens with zero attached hydrogens (tertiary/aromatic N) is 1. The maximum Gasteiger partial charge on any atom is 0.119 e. The van der Waals surface area contributed by atoms with E-state index in [-0.39, 0.29) is 0 Å². The van der Waals surface area contributed by atoms with Gasteiger partial charge in [-0.05, 0) is 72.6 Å². The van der Waals surface area contributed by atoms with Gasteiger partial charge >= 0.3 is 0 Å². The highest BCUT2D eigenvalue weighted by atomic mass is 16.5. The van der Waals surface area contributed by atoms with Crippen LogP contribution in [0.1, 0.15) is 75.6 Å². The summed E-state index contributed by atoms with van der Waals surface area (Å²) >= 11 is 0. The SMILES string of the molecule is CCCCCCCOc1ccc(-c2ccc(CCc3ccc(CCCC)nc3)cc2)cc1. The van der Waals surface area contributed by atoms with Crippen molar-refractivity contribution in [3.8, 4) is 16.9 Å². The Labute approximate surface area is 195 Å². The third-order valence-corrected chi connectivity index (χ3v) is 6.03. The molecule has 3 aromatic rings. The fraction of sp³-hybridized carbons (Fsp3) is 0.433. The predicted octanol–water partition coefficient (Wildman–Crippen LogP) is 8.23. The van der Waals surface area contributed by atoms with Gasteiger partial charge in [0.1, 0.15) is 5.75 Å². The topological polar surface area (TPSA) is 22.1 Å². The van der Waals surface area contributed by atoms with Crippen molar-refractivity contribution in [1.82, 2.24) is 4.98 Å². The van der Waals surface area contributed by atoms with Gasteiger partial charge in [-0.25, -0.2) is 0 Å². The molecule has 0 unspecified atom stereocenters. The van der Waals surface area contributed by atoms with Crippen molar-refractivity contribution in [1.29, 1.82) is 0 Å². The van der Waals surface area contributed by atoms with Gasteiger partial charge in [0.05, 0.1) is 6.61 Å². The molecule has 0 fully saturated rings. The summed E-state index contributed by atoms with van der Waals surface area (Å²) in [5.41, 5.74) is 6.38. The number of hydrogen-bond donors (Lipinski definition) is 0. The Hall–Kier alpha value is -2.61. The van der Waals surface area contributed by atoms with Gasteiger partial charge in [0.15, 0.2) is 0 Å². The van der Waals surface area contributed by atoms with E-state index in [0.29, 0.717) is 0 Å². The van der Waals surface area contributed by atoms with Gasteiger partial charge in [-0.1, -0.05) is 88.4 Å². The van der Waals surface area contributed by atoms with Crippen molar-refractivity contribution in [3.05, 3.63) is 83.7 Å². The lowest BCUT2D eigenvalue weighted by atomic mass is 10.0. The average Bonchev–Trinajstić information content (AvgIpc) is 2.85. The lowest BCUT2D eigenvalue weighted by molar-refractivity contribution is 0.304. The lowest BCUT2D eigenvalue weighted by Crippen LogP contribution is -1.97. The van der Waals surface area contributed by atoms with Crippen LogP contribution in [0.4, 0.5) is 0 Å². The summed E-state index contributed by atoms with van der Waals surface area (Å²) in [4.78, 5) is 4.61. The van der Waals surface area contributed by atoms with Crippen molar-refractivity contribution < 1.29 is 4.74 Å². The van der Waals surface area contributed by atoms with Gasteiger partial charge in [-0.3, -0.25) is 4.98 Å². The summed E-state index contributed by atoms with van der Waals surface area (Å²) < 4.78 is 5.89. The molecular formula is C30H39NO. The van der Waals surface area contributed by atoms with Crippen LogP contribution in [0.2, 0.25) is 0 Å². The Morgan fingerprint density at radius 1 is 0.594 bits per heavy atom. The monoisotopic (exact) mass is 429 g/mol. The average molecular weight is 430 g/mol. The normalized spacial score (nSPS) is 10.9. The van der Waals surface area contributed by atoms with Crippen molar-refractivity contribution in [2.45, 2.75) is 78.1 Å². The van der Waals surface area contributed by atoms with E-state index in [9.17, 15) is 0 Å². The zero-order valence-electron chi connectivity index (χ0n) is 20.0. The van der Waals surface area contributed by atoms with Crippen LogP contribution in [0.15, 0.2) is 66.9 Å². The lowest BCUT2D eigenvalue weighted by Gasteiger charge is -2.08. The fourth-order valence-electron chi connectivity index (χ4n) is 3.90. The molecule has 1 aromatic heterocycles. The third-order valence-electron chi connectivity index (χ3n) is 6.03. The number of unbranched alkanes of at least 4 members (excludes halogenated alkanes) is 5. The summed E-state index contributed by atoms with van der Waals surface area (Å²) in [6.45, 7) is 5.28. The molecule has 0 aliphatic rings. The highest BCUT2D eigenvalue weighted by Gasteiger charge is 2.02. The van der Waals surface area contributed by atoms with Crippen LogP contribution >= 0.6 is 0 Å². The fourth-order valence-corrected chi connectivity index (χ4v) is 3.90. The molecule has 3 rings (SSSR count). The summed E-state index contributed by atoms with van der Waals surface area (Å²) in [6.07, 6.45) is 14.0. The Morgan fingerprint density at radius 3 is 1.88 bits per heavy atom. The number of hydrogen-bond acceptors (Lipinski definition) is 2. The molecule has 0 aliphatic heterocycles. The molecule has 170 valence electrons. The Balaban J connectivity index is 1.44. The van der Waals surface area contributed by atoms with Crippen molar-refractivity contribution in [2.75, 3.05) is 6.61 Å². The van der Waals surface area contributed by atoms with E-state index in [1.54, 1.807) is 0 Å². The summed E-state index contributed by atoms with van der Waals surface area (Å²) in [5.74, 6) is 0.968. The Kier molecular flexibility index (Phi) is 10.3. The zero-order valence-corrected chi connectivity index (χ0v) is 20.0. The zero-order chi connectivity index (χ0) is 22.4. The van der Waals surface area contributed by atoms with E-state index < -0.39 is 0 Å². The standard InChI is InChI=1S/C30H39NO/c1-3-5-7-8-9-23-32-30-21-18-28(19-22-30)27-16-13-25(14-17-27)11-12-26-15-20-29(31-24-26)10-6-4-2/h13-22,24H,3-12,23H2,1-2H3. The van der Waals surface area contributed by atoms with E-state index >= 15 is 0 Å². The maximum absolute atomic E-state index is 5.89. The van der Waals surface area contributed by atoms with Crippen LogP contribution in [0.5, 0.6) is 5.75 Å². The molecule has 0 aliphatic carbocycles. The molecule has 0 saturated carbocycles. The van der Waals surface area contributed by atoms with Crippen molar-refractivity contribution in [3.63, 3.8) is 0 Å². The minimum atomic E-state index is 0.814. The van der Waals surface area contributed by atoms with E-state index in [4.69, 9.17) is 4.74 Å². The molecule has 0 spiro atoms. The van der Waals surface area contributed by atoms with Crippen LogP contribution in [0.3, 0.4) is 0 Å². The molecule has 32 heavy (non-hydrogen) atoms. The highest BCUT2D eigenvalue weighted by Crippen LogP contribution is 2.23. The van der Waals surface area contributed by atoms with Crippen LogP contribution in [0, 0.1) is 0 Å². The first-order valence-electron chi connectivity index (χ1n) is 12.5. The van der Waals surface area contributed by atoms with E-state index in [0.717, 1.165) is 38.0 Å². The second-order valence-electron chi connectivity index (χ2n) is 8.75. The second-order valence-corrected chi connectivity index (χ2v) is 8.75. The number of aromatic nitrogens is 1. The van der Waals surface area contributed by atoms with Gasteiger partial charge in [-0.2, -0.15) is 0 Å². The quantitative estimate of drug-likeness (QED) is 0.241. The smallest absolute Gasteiger partial charge is 0.119 e. The second kappa shape index (κ2) is 13.7. The number of rotatable bonds is 14. The molecule has 0 bridgehead atoms. The summed E-state index contributed by atoms with van der Waals surface area (Å²) in [6, 6.07) is 21.9. The van der Waals surface area contributed by atoms with Crippen LogP contribution < -0.4 is 4.74 Å². The molecular weight excluding hydrogens is 390 g/mol. The first kappa shape index (κ1) is 24.0. The van der Waals surface area contributed by atoms with Crippen LogP contribution in [-0.2, 0) is 19.3 Å². The van der Waals surface area contributed by atoms with Crippen LogP contribution in [0.25, 0.3) is 11.1 Å². The molecule has 2 heteroatoms.